The topological polar surface area (TPSA) is 24.5 Å². The molecule has 0 amide bonds. The van der Waals surface area contributed by atoms with Gasteiger partial charge in [-0.15, -0.1) is 24.8 Å². The summed E-state index contributed by atoms with van der Waals surface area (Å²) < 4.78 is 5.87. The number of aryl methyl sites for hydroxylation is 1. The van der Waals surface area contributed by atoms with Gasteiger partial charge in [-0.2, -0.15) is 0 Å². The highest BCUT2D eigenvalue weighted by Gasteiger charge is 2.21. The van der Waals surface area contributed by atoms with Gasteiger partial charge in [0.05, 0.1) is 0 Å². The molecule has 1 unspecified atom stereocenters. The predicted molar refractivity (Wildman–Crippen MR) is 118 cm³/mol. The molecule has 0 saturated carbocycles. The van der Waals surface area contributed by atoms with E-state index in [-0.39, 0.29) is 24.8 Å². The van der Waals surface area contributed by atoms with Crippen LogP contribution in [0.25, 0.3) is 0 Å². The molecule has 0 spiro atoms. The van der Waals surface area contributed by atoms with Crippen molar-refractivity contribution in [2.75, 3.05) is 19.6 Å². The van der Waals surface area contributed by atoms with E-state index in [1.54, 1.807) is 0 Å². The van der Waals surface area contributed by atoms with Crippen molar-refractivity contribution in [3.8, 4) is 5.75 Å². The van der Waals surface area contributed by atoms with Gasteiger partial charge in [0.15, 0.2) is 0 Å². The van der Waals surface area contributed by atoms with E-state index in [0.29, 0.717) is 12.6 Å². The fourth-order valence-corrected chi connectivity index (χ4v) is 3.48. The van der Waals surface area contributed by atoms with Crippen molar-refractivity contribution in [3.05, 3.63) is 65.2 Å². The summed E-state index contributed by atoms with van der Waals surface area (Å²) in [5, 5.41) is 3.61. The van der Waals surface area contributed by atoms with Crippen molar-refractivity contribution in [2.24, 2.45) is 0 Å². The highest BCUT2D eigenvalue weighted by molar-refractivity contribution is 5.85. The third-order valence-corrected chi connectivity index (χ3v) is 5.06. The minimum atomic E-state index is 0. The number of rotatable bonds is 8. The predicted octanol–water partition coefficient (Wildman–Crippen LogP) is 4.99. The molecule has 27 heavy (non-hydrogen) atoms. The first kappa shape index (κ1) is 23.8. The normalized spacial score (nSPS) is 16.4. The zero-order valence-corrected chi connectivity index (χ0v) is 18.0. The molecule has 1 aliphatic heterocycles. The lowest BCUT2D eigenvalue weighted by molar-refractivity contribution is 0.260. The second-order valence-electron chi connectivity index (χ2n) is 6.97. The SMILES string of the molecule is CCN1CCCC1CNCc1ccc(OCc2ccc(C)cc2)cc1.Cl.Cl. The van der Waals surface area contributed by atoms with E-state index in [9.17, 15) is 0 Å². The maximum absolute atomic E-state index is 5.87. The van der Waals surface area contributed by atoms with Crippen LogP contribution >= 0.6 is 24.8 Å². The van der Waals surface area contributed by atoms with Gasteiger partial charge in [0.2, 0.25) is 0 Å². The summed E-state index contributed by atoms with van der Waals surface area (Å²) in [6, 6.07) is 17.6. The van der Waals surface area contributed by atoms with Gasteiger partial charge >= 0.3 is 0 Å². The molecule has 0 bridgehead atoms. The Kier molecular flexibility index (Phi) is 10.8. The molecular formula is C22H32Cl2N2O. The molecule has 1 aliphatic rings. The minimum absolute atomic E-state index is 0. The molecule has 0 aliphatic carbocycles. The van der Waals surface area contributed by atoms with E-state index >= 15 is 0 Å². The Morgan fingerprint density at radius 1 is 1.00 bits per heavy atom. The van der Waals surface area contributed by atoms with E-state index in [1.807, 2.05) is 0 Å². The number of nitrogens with one attached hydrogen (secondary N) is 1. The second kappa shape index (κ2) is 12.2. The van der Waals surface area contributed by atoms with Gasteiger partial charge in [-0.1, -0.05) is 48.9 Å². The number of benzene rings is 2. The summed E-state index contributed by atoms with van der Waals surface area (Å²) in [5.74, 6) is 0.928. The van der Waals surface area contributed by atoms with Crippen molar-refractivity contribution in [1.82, 2.24) is 10.2 Å². The Balaban J connectivity index is 0.00000182. The van der Waals surface area contributed by atoms with Crippen molar-refractivity contribution >= 4 is 24.8 Å². The van der Waals surface area contributed by atoms with Crippen LogP contribution in [0.1, 0.15) is 36.5 Å². The van der Waals surface area contributed by atoms with Crippen LogP contribution < -0.4 is 10.1 Å². The zero-order chi connectivity index (χ0) is 17.5. The molecular weight excluding hydrogens is 379 g/mol. The van der Waals surface area contributed by atoms with Crippen LogP contribution in [0, 0.1) is 6.92 Å². The summed E-state index contributed by atoms with van der Waals surface area (Å²) >= 11 is 0. The van der Waals surface area contributed by atoms with E-state index < -0.39 is 0 Å². The van der Waals surface area contributed by atoms with Crippen LogP contribution in [0.15, 0.2) is 48.5 Å². The summed E-state index contributed by atoms with van der Waals surface area (Å²) in [7, 11) is 0. The zero-order valence-electron chi connectivity index (χ0n) is 16.3. The van der Waals surface area contributed by atoms with Gasteiger partial charge < -0.3 is 10.1 Å². The minimum Gasteiger partial charge on any atom is -0.489 e. The molecule has 1 N–H and O–H groups in total. The number of hydrogen-bond donors (Lipinski definition) is 1. The molecule has 5 heteroatoms. The largest absolute Gasteiger partial charge is 0.489 e. The molecule has 150 valence electrons. The Labute approximate surface area is 176 Å². The van der Waals surface area contributed by atoms with Crippen molar-refractivity contribution in [3.63, 3.8) is 0 Å². The summed E-state index contributed by atoms with van der Waals surface area (Å²) in [4.78, 5) is 2.58. The van der Waals surface area contributed by atoms with E-state index in [0.717, 1.165) is 18.8 Å². The highest BCUT2D eigenvalue weighted by atomic mass is 35.5. The molecule has 1 fully saturated rings. The molecule has 0 aromatic heterocycles. The lowest BCUT2D eigenvalue weighted by Gasteiger charge is -2.23. The van der Waals surface area contributed by atoms with E-state index in [1.165, 1.54) is 42.6 Å². The molecule has 3 rings (SSSR count). The number of hydrogen-bond acceptors (Lipinski definition) is 3. The first-order valence-corrected chi connectivity index (χ1v) is 9.46. The third-order valence-electron chi connectivity index (χ3n) is 5.06. The van der Waals surface area contributed by atoms with Crippen LogP contribution in [-0.4, -0.2) is 30.6 Å². The molecule has 2 aromatic carbocycles. The molecule has 1 heterocycles. The van der Waals surface area contributed by atoms with Crippen molar-refractivity contribution in [1.29, 1.82) is 0 Å². The highest BCUT2D eigenvalue weighted by Crippen LogP contribution is 2.17. The standard InChI is InChI=1S/C22H30N2O.2ClH/c1-3-24-14-4-5-21(24)16-23-15-19-10-12-22(13-11-19)25-17-20-8-6-18(2)7-9-20;;/h6-13,21,23H,3-5,14-17H2,1-2H3;2*1H. The maximum Gasteiger partial charge on any atom is 0.119 e. The molecule has 0 radical (unpaired) electrons. The van der Waals surface area contributed by atoms with E-state index in [2.05, 4.69) is 72.6 Å². The van der Waals surface area contributed by atoms with Crippen LogP contribution in [0.2, 0.25) is 0 Å². The first-order chi connectivity index (χ1) is 12.2. The number of nitrogens with zero attached hydrogens (tertiary/aromatic N) is 1. The third kappa shape index (κ3) is 7.34. The first-order valence-electron chi connectivity index (χ1n) is 9.46. The lowest BCUT2D eigenvalue weighted by Crippen LogP contribution is -2.37. The molecule has 1 saturated heterocycles. The summed E-state index contributed by atoms with van der Waals surface area (Å²) in [6.45, 7) is 9.41. The second-order valence-corrected chi connectivity index (χ2v) is 6.97. The monoisotopic (exact) mass is 410 g/mol. The number of likely N-dealkylation sites (N-methyl/N-ethyl adjacent to an activating group) is 1. The van der Waals surface area contributed by atoms with Gasteiger partial charge in [-0.3, -0.25) is 4.90 Å². The van der Waals surface area contributed by atoms with Crippen LogP contribution in [0.4, 0.5) is 0 Å². The quantitative estimate of drug-likeness (QED) is 0.662. The maximum atomic E-state index is 5.87. The van der Waals surface area contributed by atoms with Gasteiger partial charge in [-0.05, 0) is 56.1 Å². The van der Waals surface area contributed by atoms with Gasteiger partial charge in [0, 0.05) is 19.1 Å². The number of likely N-dealkylation sites (tertiary alicyclic amines) is 1. The molecule has 3 nitrogen and oxygen atoms in total. The van der Waals surface area contributed by atoms with Gasteiger partial charge in [-0.25, -0.2) is 0 Å². The smallest absolute Gasteiger partial charge is 0.119 e. The van der Waals surface area contributed by atoms with Crippen LogP contribution in [-0.2, 0) is 13.2 Å². The molecule has 1 atom stereocenters. The van der Waals surface area contributed by atoms with Crippen LogP contribution in [0.3, 0.4) is 0 Å². The lowest BCUT2D eigenvalue weighted by atomic mass is 10.1. The average molecular weight is 411 g/mol. The Hall–Kier alpha value is -1.26. The van der Waals surface area contributed by atoms with Crippen molar-refractivity contribution < 1.29 is 4.74 Å². The molecule has 2 aromatic rings. The fourth-order valence-electron chi connectivity index (χ4n) is 3.48. The summed E-state index contributed by atoms with van der Waals surface area (Å²) in [6.07, 6.45) is 2.67. The summed E-state index contributed by atoms with van der Waals surface area (Å²) in [5.41, 5.74) is 3.79. The number of ether oxygens (including phenoxy) is 1. The average Bonchev–Trinajstić information content (AvgIpc) is 3.10. The van der Waals surface area contributed by atoms with Gasteiger partial charge in [0.25, 0.3) is 0 Å². The Morgan fingerprint density at radius 2 is 1.67 bits per heavy atom. The Bertz CT molecular complexity index is 646. The Morgan fingerprint density at radius 3 is 2.33 bits per heavy atom. The van der Waals surface area contributed by atoms with Crippen LogP contribution in [0.5, 0.6) is 5.75 Å². The number of halogens is 2. The van der Waals surface area contributed by atoms with E-state index in [4.69, 9.17) is 4.74 Å². The fraction of sp³-hybridized carbons (Fsp3) is 0.455. The van der Waals surface area contributed by atoms with Gasteiger partial charge in [0.1, 0.15) is 12.4 Å². The van der Waals surface area contributed by atoms with Crippen molar-refractivity contribution in [2.45, 2.75) is 45.9 Å².